The maximum atomic E-state index is 14.4. The van der Waals surface area contributed by atoms with Crippen molar-refractivity contribution in [3.8, 4) is 23.6 Å². The highest BCUT2D eigenvalue weighted by Crippen LogP contribution is 2.31. The molecule has 0 saturated carbocycles. The molecule has 0 fully saturated rings. The summed E-state index contributed by atoms with van der Waals surface area (Å²) in [6, 6.07) is 5.40. The second-order valence-corrected chi connectivity index (χ2v) is 5.66. The summed E-state index contributed by atoms with van der Waals surface area (Å²) in [5, 5.41) is 28.2. The number of aromatic hydroxyl groups is 2. The lowest BCUT2D eigenvalue weighted by atomic mass is 10.1. The molecule has 0 aliphatic heterocycles. The number of benzene rings is 1. The molecule has 0 aliphatic carbocycles. The maximum Gasteiger partial charge on any atom is 0.371 e. The number of esters is 1. The Morgan fingerprint density at radius 3 is 2.53 bits per heavy atom. The highest BCUT2D eigenvalue weighted by molar-refractivity contribution is 5.94. The van der Waals surface area contributed by atoms with E-state index in [9.17, 15) is 34.2 Å². The van der Waals surface area contributed by atoms with E-state index >= 15 is 0 Å². The van der Waals surface area contributed by atoms with E-state index in [1.54, 1.807) is 6.07 Å². The van der Waals surface area contributed by atoms with Crippen LogP contribution in [0.5, 0.6) is 17.5 Å². The predicted octanol–water partition coefficient (Wildman–Crippen LogP) is 1.18. The van der Waals surface area contributed by atoms with Crippen molar-refractivity contribution in [3.05, 3.63) is 51.6 Å². The first-order valence-electron chi connectivity index (χ1n) is 8.02. The number of halogens is 1. The van der Waals surface area contributed by atoms with Gasteiger partial charge >= 0.3 is 17.6 Å². The van der Waals surface area contributed by atoms with E-state index < -0.39 is 58.8 Å². The largest absolute Gasteiger partial charge is 0.492 e. The predicted molar refractivity (Wildman–Crippen MR) is 93.1 cm³/mol. The van der Waals surface area contributed by atoms with E-state index in [4.69, 9.17) is 14.0 Å². The van der Waals surface area contributed by atoms with Crippen molar-refractivity contribution in [3.63, 3.8) is 0 Å². The van der Waals surface area contributed by atoms with Gasteiger partial charge in [0.25, 0.3) is 0 Å². The highest BCUT2D eigenvalue weighted by Gasteiger charge is 2.23. The van der Waals surface area contributed by atoms with Crippen LogP contribution in [-0.4, -0.2) is 33.7 Å². The monoisotopic (exact) mass is 418 g/mol. The van der Waals surface area contributed by atoms with Gasteiger partial charge in [-0.3, -0.25) is 4.79 Å². The van der Waals surface area contributed by atoms with Crippen LogP contribution >= 0.6 is 0 Å². The normalized spacial score (nSPS) is 10.4. The molecule has 11 nitrogen and oxygen atoms in total. The van der Waals surface area contributed by atoms with Crippen LogP contribution in [0.3, 0.4) is 0 Å². The van der Waals surface area contributed by atoms with Crippen LogP contribution in [0.4, 0.5) is 4.39 Å². The van der Waals surface area contributed by atoms with Gasteiger partial charge in [-0.15, -0.1) is 4.73 Å². The molecule has 0 aliphatic rings. The highest BCUT2D eigenvalue weighted by atomic mass is 19.1. The molecule has 0 radical (unpaired) electrons. The Hall–Kier alpha value is -4.53. The average Bonchev–Trinajstić information content (AvgIpc) is 3.00. The summed E-state index contributed by atoms with van der Waals surface area (Å²) in [6.45, 7) is 0.406. The fourth-order valence-corrected chi connectivity index (χ4v) is 2.40. The lowest BCUT2D eigenvalue weighted by Gasteiger charge is -2.11. The van der Waals surface area contributed by atoms with E-state index in [2.05, 4.69) is 4.74 Å². The average molecular weight is 418 g/mol. The van der Waals surface area contributed by atoms with Crippen molar-refractivity contribution in [2.45, 2.75) is 6.92 Å². The van der Waals surface area contributed by atoms with E-state index in [0.717, 1.165) is 31.2 Å². The Bertz CT molecular complexity index is 1250. The minimum Gasteiger partial charge on any atom is -0.492 e. The molecule has 0 spiro atoms. The molecule has 154 valence electrons. The molecule has 2 heterocycles. The molecule has 30 heavy (non-hydrogen) atoms. The van der Waals surface area contributed by atoms with Gasteiger partial charge in [-0.1, -0.05) is 0 Å². The number of carbonyl (C=O) groups excluding carboxylic acids is 2. The number of hydrogen-bond donors (Lipinski definition) is 2. The molecule has 2 N–H and O–H groups in total. The number of ether oxygens (including phenoxy) is 2. The molecule has 0 amide bonds. The van der Waals surface area contributed by atoms with Crippen LogP contribution in [-0.2, 0) is 9.53 Å². The molecule has 12 heteroatoms. The number of carbonyl (C=O) groups is 2. The van der Waals surface area contributed by atoms with Crippen LogP contribution in [0, 0.1) is 17.1 Å². The Morgan fingerprint density at radius 2 is 1.93 bits per heavy atom. The lowest BCUT2D eigenvalue weighted by molar-refractivity contribution is -0.147. The molecule has 2 aromatic heterocycles. The summed E-state index contributed by atoms with van der Waals surface area (Å²) in [6.07, 6.45) is 0. The van der Waals surface area contributed by atoms with Crippen LogP contribution in [0.25, 0.3) is 11.0 Å². The van der Waals surface area contributed by atoms with Crippen molar-refractivity contribution >= 4 is 22.9 Å². The van der Waals surface area contributed by atoms with Gasteiger partial charge in [0.1, 0.15) is 17.2 Å². The molecule has 0 unspecified atom stereocenters. The first kappa shape index (κ1) is 20.2. The van der Waals surface area contributed by atoms with Crippen molar-refractivity contribution in [2.75, 3.05) is 6.79 Å². The Labute approximate surface area is 165 Å². The number of aromatic nitrogens is 1. The lowest BCUT2D eigenvalue weighted by Crippen LogP contribution is -2.24. The zero-order valence-electron chi connectivity index (χ0n) is 15.0. The van der Waals surface area contributed by atoms with Crippen molar-refractivity contribution in [2.24, 2.45) is 0 Å². The van der Waals surface area contributed by atoms with Crippen LogP contribution in [0.1, 0.15) is 22.8 Å². The zero-order chi connectivity index (χ0) is 22.0. The Balaban J connectivity index is 2.03. The fraction of sp³-hybridized carbons (Fsp3) is 0.111. The minimum absolute atomic E-state index is 0.156. The minimum atomic E-state index is -1.33. The van der Waals surface area contributed by atoms with Gasteiger partial charge in [0.2, 0.25) is 18.6 Å². The van der Waals surface area contributed by atoms with Crippen LogP contribution in [0.2, 0.25) is 0 Å². The third kappa shape index (κ3) is 3.72. The summed E-state index contributed by atoms with van der Waals surface area (Å²) >= 11 is 0. The zero-order valence-corrected chi connectivity index (χ0v) is 15.0. The topological polar surface area (TPSA) is 161 Å². The van der Waals surface area contributed by atoms with Crippen molar-refractivity contribution in [1.82, 2.24) is 4.73 Å². The van der Waals surface area contributed by atoms with Crippen LogP contribution < -0.4 is 15.2 Å². The number of fused-ring (bicyclic) bond motifs is 1. The van der Waals surface area contributed by atoms with E-state index in [1.165, 1.54) is 0 Å². The van der Waals surface area contributed by atoms with Gasteiger partial charge in [-0.2, -0.15) is 5.26 Å². The molecule has 1 aromatic carbocycles. The summed E-state index contributed by atoms with van der Waals surface area (Å²) in [5.74, 6) is -4.96. The second kappa shape index (κ2) is 7.84. The summed E-state index contributed by atoms with van der Waals surface area (Å²) in [4.78, 5) is 40.0. The molecule has 0 atom stereocenters. The third-order valence-corrected chi connectivity index (χ3v) is 3.70. The van der Waals surface area contributed by atoms with Crippen LogP contribution in [0.15, 0.2) is 33.5 Å². The van der Waals surface area contributed by atoms with Gasteiger partial charge in [-0.25, -0.2) is 14.0 Å². The summed E-state index contributed by atoms with van der Waals surface area (Å²) < 4.78 is 29.2. The van der Waals surface area contributed by atoms with E-state index in [1.807, 2.05) is 0 Å². The van der Waals surface area contributed by atoms with Gasteiger partial charge < -0.3 is 28.9 Å². The van der Waals surface area contributed by atoms with Gasteiger partial charge in [-0.05, 0) is 12.1 Å². The second-order valence-electron chi connectivity index (χ2n) is 5.66. The smallest absolute Gasteiger partial charge is 0.371 e. The number of nitriles is 1. The first-order chi connectivity index (χ1) is 14.2. The van der Waals surface area contributed by atoms with Crippen molar-refractivity contribution < 1.29 is 42.9 Å². The molecule has 0 bridgehead atoms. The summed E-state index contributed by atoms with van der Waals surface area (Å²) in [7, 11) is 0. The molecule has 0 saturated heterocycles. The SMILES string of the molecule is CC(=O)OCOc1c(F)cc2cc(C(=O)On3c(O)ccc3O)c(=O)oc2c1C#N. The fourth-order valence-electron chi connectivity index (χ4n) is 2.40. The standard InChI is InChI=1S/C18H11FN2O9/c1-8(22)27-7-28-16-11(6-20)15-9(5-12(16)19)4-10(17(25)29-15)18(26)30-21-13(23)2-3-14(21)24/h2-5,23-24H,7H2,1H3. The molecular formula is C18H11FN2O9. The molecular weight excluding hydrogens is 407 g/mol. The Kier molecular flexibility index (Phi) is 5.28. The molecule has 3 rings (SSSR count). The Morgan fingerprint density at radius 1 is 1.27 bits per heavy atom. The maximum absolute atomic E-state index is 14.4. The van der Waals surface area contributed by atoms with Gasteiger partial charge in [0, 0.05) is 24.4 Å². The first-order valence-corrected chi connectivity index (χ1v) is 8.02. The number of nitrogens with zero attached hydrogens (tertiary/aromatic N) is 2. The van der Waals surface area contributed by atoms with Gasteiger partial charge in [0.05, 0.1) is 0 Å². The quantitative estimate of drug-likeness (QED) is 0.350. The summed E-state index contributed by atoms with van der Waals surface area (Å²) in [5.41, 5.74) is -2.83. The van der Waals surface area contributed by atoms with Crippen molar-refractivity contribution in [1.29, 1.82) is 5.26 Å². The molecule has 3 aromatic rings. The number of hydrogen-bond acceptors (Lipinski definition) is 10. The van der Waals surface area contributed by atoms with Gasteiger partial charge in [0.15, 0.2) is 17.1 Å². The van der Waals surface area contributed by atoms with E-state index in [-0.39, 0.29) is 11.0 Å². The van der Waals surface area contributed by atoms with E-state index in [0.29, 0.717) is 4.73 Å². The third-order valence-electron chi connectivity index (χ3n) is 3.70. The number of rotatable bonds is 5.